The van der Waals surface area contributed by atoms with E-state index < -0.39 is 0 Å². The van der Waals surface area contributed by atoms with E-state index in [4.69, 9.17) is 0 Å². The Hall–Kier alpha value is -3.24. The van der Waals surface area contributed by atoms with Crippen LogP contribution in [0.1, 0.15) is 46.1 Å². The number of H-pyrrole nitrogens is 1. The van der Waals surface area contributed by atoms with Gasteiger partial charge in [0.1, 0.15) is 0 Å². The lowest BCUT2D eigenvalue weighted by Crippen LogP contribution is -1.98. The van der Waals surface area contributed by atoms with Gasteiger partial charge in [-0.3, -0.25) is 0 Å². The molecule has 1 aromatic heterocycles. The highest BCUT2D eigenvalue weighted by Crippen LogP contribution is 2.35. The Kier molecular flexibility index (Phi) is 6.57. The Morgan fingerprint density at radius 2 is 1.93 bits per heavy atom. The van der Waals surface area contributed by atoms with Crippen molar-refractivity contribution in [3.63, 3.8) is 0 Å². The predicted octanol–water partition coefficient (Wildman–Crippen LogP) is 8.13. The van der Waals surface area contributed by atoms with Crippen LogP contribution in [0.5, 0.6) is 0 Å². The maximum atomic E-state index is 4.27. The van der Waals surface area contributed by atoms with Gasteiger partial charge in [-0.1, -0.05) is 74.6 Å². The van der Waals surface area contributed by atoms with Crippen LogP contribution in [0.25, 0.3) is 27.4 Å². The van der Waals surface area contributed by atoms with E-state index in [2.05, 4.69) is 73.1 Å². The van der Waals surface area contributed by atoms with Crippen LogP contribution in [0.4, 0.5) is 0 Å². The number of hydrogen-bond acceptors (Lipinski definition) is 0. The maximum absolute atomic E-state index is 4.27. The second-order valence-corrected chi connectivity index (χ2v) is 7.05. The van der Waals surface area contributed by atoms with Gasteiger partial charge in [0, 0.05) is 10.9 Å². The lowest BCUT2D eigenvalue weighted by molar-refractivity contribution is 0.960. The van der Waals surface area contributed by atoms with E-state index in [1.54, 1.807) is 0 Å². The Morgan fingerprint density at radius 1 is 1.10 bits per heavy atom. The van der Waals surface area contributed by atoms with Gasteiger partial charge in [-0.25, -0.2) is 0 Å². The molecule has 1 nitrogen and oxygen atoms in total. The fraction of sp³-hybridized carbons (Fsp3) is 0.214. The first-order valence-electron chi connectivity index (χ1n) is 10.4. The fourth-order valence-corrected chi connectivity index (χ4v) is 3.70. The molecule has 0 fully saturated rings. The molecule has 0 unspecified atom stereocenters. The largest absolute Gasteiger partial charge is 0.354 e. The van der Waals surface area contributed by atoms with Crippen LogP contribution in [-0.4, -0.2) is 4.98 Å². The molecule has 1 heterocycles. The van der Waals surface area contributed by atoms with Crippen LogP contribution in [0.2, 0.25) is 0 Å². The first kappa shape index (κ1) is 20.5. The molecule has 0 saturated heterocycles. The van der Waals surface area contributed by atoms with E-state index in [1.807, 2.05) is 39.0 Å². The van der Waals surface area contributed by atoms with E-state index in [1.165, 1.54) is 27.7 Å². The van der Waals surface area contributed by atoms with Crippen LogP contribution < -0.4 is 0 Å². The van der Waals surface area contributed by atoms with Crippen LogP contribution in [0.3, 0.4) is 0 Å². The number of allylic oxidation sites excluding steroid dienone is 9. The van der Waals surface area contributed by atoms with Crippen molar-refractivity contribution >= 4 is 27.4 Å². The minimum absolute atomic E-state index is 1.06. The number of aromatic amines is 1. The van der Waals surface area contributed by atoms with Crippen molar-refractivity contribution in [1.29, 1.82) is 0 Å². The van der Waals surface area contributed by atoms with Crippen molar-refractivity contribution in [3.05, 3.63) is 102 Å². The van der Waals surface area contributed by atoms with Crippen molar-refractivity contribution in [2.75, 3.05) is 0 Å². The normalized spacial score (nSPS) is 14.3. The van der Waals surface area contributed by atoms with Crippen molar-refractivity contribution in [2.45, 2.75) is 40.5 Å². The molecule has 0 spiro atoms. The van der Waals surface area contributed by atoms with E-state index in [0.717, 1.165) is 34.8 Å². The van der Waals surface area contributed by atoms with Gasteiger partial charge < -0.3 is 4.98 Å². The van der Waals surface area contributed by atoms with Crippen molar-refractivity contribution in [2.24, 2.45) is 0 Å². The SMILES string of the molecule is C=C(/C=C\C=C/C)C1=C(C)CCC(c2ccc3[nH]c4ccc#cc4c3c2)=C1.CC. The number of hydrogen-bond donors (Lipinski definition) is 1. The van der Waals surface area contributed by atoms with Gasteiger partial charge in [0.05, 0.1) is 10.9 Å². The predicted molar refractivity (Wildman–Crippen MR) is 128 cm³/mol. The summed E-state index contributed by atoms with van der Waals surface area (Å²) in [5.41, 5.74) is 8.63. The zero-order chi connectivity index (χ0) is 20.8. The third-order valence-corrected chi connectivity index (χ3v) is 5.22. The molecule has 1 N–H and O–H groups in total. The first-order chi connectivity index (χ1) is 14.2. The average molecular weight is 380 g/mol. The molecule has 146 valence electrons. The highest BCUT2D eigenvalue weighted by molar-refractivity contribution is 6.07. The molecule has 1 aliphatic carbocycles. The van der Waals surface area contributed by atoms with Gasteiger partial charge in [0.25, 0.3) is 0 Å². The zero-order valence-corrected chi connectivity index (χ0v) is 17.9. The molecule has 0 atom stereocenters. The topological polar surface area (TPSA) is 15.8 Å². The highest BCUT2D eigenvalue weighted by Gasteiger charge is 2.14. The summed E-state index contributed by atoms with van der Waals surface area (Å²) >= 11 is 0. The van der Waals surface area contributed by atoms with Crippen LogP contribution in [-0.2, 0) is 0 Å². The minimum atomic E-state index is 1.06. The molecular weight excluding hydrogens is 350 g/mol. The van der Waals surface area contributed by atoms with Gasteiger partial charge in [-0.2, -0.15) is 0 Å². The lowest BCUT2D eigenvalue weighted by atomic mass is 9.86. The number of benzene rings is 1. The van der Waals surface area contributed by atoms with E-state index in [0.29, 0.717) is 0 Å². The summed E-state index contributed by atoms with van der Waals surface area (Å²) in [5.74, 6) is 0. The molecule has 0 saturated carbocycles. The molecule has 1 aliphatic rings. The molecule has 29 heavy (non-hydrogen) atoms. The summed E-state index contributed by atoms with van der Waals surface area (Å²) < 4.78 is 0. The fourth-order valence-electron chi connectivity index (χ4n) is 3.70. The minimum Gasteiger partial charge on any atom is -0.354 e. The number of nitrogens with one attached hydrogen (secondary N) is 1. The van der Waals surface area contributed by atoms with E-state index >= 15 is 0 Å². The van der Waals surface area contributed by atoms with E-state index in [9.17, 15) is 0 Å². The third kappa shape index (κ3) is 4.28. The summed E-state index contributed by atoms with van der Waals surface area (Å²) in [6, 6.07) is 16.9. The maximum Gasteiger partial charge on any atom is 0.0577 e. The van der Waals surface area contributed by atoms with Crippen LogP contribution in [0.15, 0.2) is 84.0 Å². The molecule has 3 aromatic rings. The molecule has 2 aromatic carbocycles. The Balaban J connectivity index is 0.00000117. The first-order valence-corrected chi connectivity index (χ1v) is 10.4. The summed E-state index contributed by atoms with van der Waals surface area (Å²) in [7, 11) is 0. The van der Waals surface area contributed by atoms with Gasteiger partial charge >= 0.3 is 0 Å². The highest BCUT2D eigenvalue weighted by atomic mass is 14.7. The van der Waals surface area contributed by atoms with Gasteiger partial charge in [-0.05, 0) is 73.2 Å². The van der Waals surface area contributed by atoms with Crippen LogP contribution >= 0.6 is 0 Å². The molecule has 1 heteroatoms. The van der Waals surface area contributed by atoms with Gasteiger partial charge in [0.15, 0.2) is 0 Å². The second kappa shape index (κ2) is 9.30. The number of fused-ring (bicyclic) bond motifs is 3. The molecule has 0 aliphatic heterocycles. The summed E-state index contributed by atoms with van der Waals surface area (Å²) in [6.45, 7) is 12.5. The summed E-state index contributed by atoms with van der Waals surface area (Å²) in [5, 5.41) is 2.32. The molecule has 0 bridgehead atoms. The Morgan fingerprint density at radius 3 is 2.72 bits per heavy atom. The quantitative estimate of drug-likeness (QED) is 0.440. The molecular formula is C28H29N. The Labute approximate surface area is 174 Å². The third-order valence-electron chi connectivity index (χ3n) is 5.22. The summed E-state index contributed by atoms with van der Waals surface area (Å²) in [6.07, 6.45) is 12.6. The average Bonchev–Trinajstić information content (AvgIpc) is 3.13. The van der Waals surface area contributed by atoms with Gasteiger partial charge in [-0.15, -0.1) is 0 Å². The summed E-state index contributed by atoms with van der Waals surface area (Å²) in [4.78, 5) is 3.46. The van der Waals surface area contributed by atoms with Gasteiger partial charge in [0.2, 0.25) is 0 Å². The van der Waals surface area contributed by atoms with Crippen molar-refractivity contribution < 1.29 is 0 Å². The lowest BCUT2D eigenvalue weighted by Gasteiger charge is -2.19. The van der Waals surface area contributed by atoms with Crippen molar-refractivity contribution in [3.8, 4) is 0 Å². The Bertz CT molecular complexity index is 1150. The standard InChI is InChI=1S/C26H23N.C2H6/c1-4-5-6-9-18(2)23-16-20(13-12-19(23)3)21-14-15-26-24(17-21)22-10-7-8-11-25(22)27-26;1-2/h4-6,8-9,11,14-17,27H,2,12-13H2,1,3H3;1-2H3/b5-4-,9-6-;. The zero-order valence-electron chi connectivity index (χ0n) is 17.9. The monoisotopic (exact) mass is 379 g/mol. The smallest absolute Gasteiger partial charge is 0.0577 e. The van der Waals surface area contributed by atoms with Crippen LogP contribution in [0, 0.1) is 12.1 Å². The number of aromatic nitrogens is 1. The van der Waals surface area contributed by atoms with Crippen molar-refractivity contribution in [1.82, 2.24) is 4.98 Å². The second-order valence-electron chi connectivity index (χ2n) is 7.05. The molecule has 4 rings (SSSR count). The molecule has 0 amide bonds. The van der Waals surface area contributed by atoms with E-state index in [-0.39, 0.29) is 0 Å². The molecule has 0 radical (unpaired) electrons. The number of rotatable bonds is 4.